The third kappa shape index (κ3) is 1.98. The van der Waals surface area contributed by atoms with Crippen LogP contribution in [0, 0.1) is 0 Å². The molecule has 0 unspecified atom stereocenters. The van der Waals surface area contributed by atoms with E-state index in [9.17, 15) is 0 Å². The Labute approximate surface area is 80.9 Å². The minimum atomic E-state index is -1.18. The van der Waals surface area contributed by atoms with E-state index in [1.165, 1.54) is 0 Å². The molecule has 0 aromatic heterocycles. The van der Waals surface area contributed by atoms with Crippen LogP contribution in [0.25, 0.3) is 0 Å². The van der Waals surface area contributed by atoms with E-state index in [0.29, 0.717) is 6.54 Å². The molecule has 1 heterocycles. The maximum atomic E-state index is 5.67. The second-order valence-electron chi connectivity index (χ2n) is 2.94. The van der Waals surface area contributed by atoms with Crippen molar-refractivity contribution < 1.29 is 0 Å². The molecule has 0 atom stereocenters. The van der Waals surface area contributed by atoms with Crippen LogP contribution in [0.3, 0.4) is 0 Å². The van der Waals surface area contributed by atoms with E-state index in [-0.39, 0.29) is 0 Å². The maximum Gasteiger partial charge on any atom is 0.303 e. The summed E-state index contributed by atoms with van der Waals surface area (Å²) in [5.41, 5.74) is 6.78. The van der Waals surface area contributed by atoms with Gasteiger partial charge in [0.05, 0.1) is 0 Å². The van der Waals surface area contributed by atoms with E-state index in [0.717, 1.165) is 5.56 Å². The SMILES string of the molecule is NC1(NCc2ccccc2)N=NN=N1. The number of nitrogens with two attached hydrogens (primary N) is 1. The molecule has 0 aliphatic carbocycles. The Morgan fingerprint density at radius 3 is 2.43 bits per heavy atom. The summed E-state index contributed by atoms with van der Waals surface area (Å²) in [5, 5.41) is 16.9. The van der Waals surface area contributed by atoms with E-state index in [1.54, 1.807) is 0 Å². The molecule has 0 radical (unpaired) electrons. The van der Waals surface area contributed by atoms with Gasteiger partial charge in [-0.25, -0.2) is 0 Å². The molecule has 0 saturated carbocycles. The third-order valence-corrected chi connectivity index (χ3v) is 1.83. The van der Waals surface area contributed by atoms with E-state index in [2.05, 4.69) is 26.0 Å². The predicted molar refractivity (Wildman–Crippen MR) is 49.9 cm³/mol. The first kappa shape index (κ1) is 8.92. The maximum absolute atomic E-state index is 5.67. The van der Waals surface area contributed by atoms with E-state index >= 15 is 0 Å². The van der Waals surface area contributed by atoms with Gasteiger partial charge < -0.3 is 0 Å². The van der Waals surface area contributed by atoms with Crippen molar-refractivity contribution in [2.45, 2.75) is 12.5 Å². The number of rotatable bonds is 3. The molecule has 0 bridgehead atoms. The lowest BCUT2D eigenvalue weighted by Crippen LogP contribution is -2.48. The standard InChI is InChI=1S/C8H10N6/c9-8(11-13-14-12-8)10-6-7-4-2-1-3-5-7/h1-5,10H,6,9H2. The summed E-state index contributed by atoms with van der Waals surface area (Å²) in [4.78, 5) is 0. The van der Waals surface area contributed by atoms with Gasteiger partial charge in [0.2, 0.25) is 0 Å². The van der Waals surface area contributed by atoms with Crippen molar-refractivity contribution in [3.05, 3.63) is 35.9 Å². The van der Waals surface area contributed by atoms with Gasteiger partial charge in [-0.1, -0.05) is 30.3 Å². The highest BCUT2D eigenvalue weighted by Gasteiger charge is 2.26. The lowest BCUT2D eigenvalue weighted by molar-refractivity contribution is 0.358. The summed E-state index contributed by atoms with van der Waals surface area (Å²) < 4.78 is 0. The molecule has 0 amide bonds. The molecule has 14 heavy (non-hydrogen) atoms. The van der Waals surface area contributed by atoms with Gasteiger partial charge in [0.1, 0.15) is 0 Å². The molecule has 2 rings (SSSR count). The van der Waals surface area contributed by atoms with Crippen LogP contribution in [0.5, 0.6) is 0 Å². The second kappa shape index (κ2) is 3.60. The molecular formula is C8H10N6. The Hall–Kier alpha value is -1.66. The van der Waals surface area contributed by atoms with Gasteiger partial charge in [-0.3, -0.25) is 11.1 Å². The predicted octanol–water partition coefficient (Wildman–Crippen LogP) is 1.18. The molecule has 1 aliphatic heterocycles. The number of hydrogen-bond donors (Lipinski definition) is 2. The zero-order valence-electron chi connectivity index (χ0n) is 7.46. The minimum absolute atomic E-state index is 0.579. The monoisotopic (exact) mass is 190 g/mol. The van der Waals surface area contributed by atoms with Gasteiger partial charge >= 0.3 is 5.91 Å². The number of nitrogens with zero attached hydrogens (tertiary/aromatic N) is 4. The molecule has 3 N–H and O–H groups in total. The van der Waals surface area contributed by atoms with Gasteiger partial charge in [-0.15, -0.1) is 10.2 Å². The van der Waals surface area contributed by atoms with Crippen molar-refractivity contribution in [2.24, 2.45) is 26.4 Å². The highest BCUT2D eigenvalue weighted by atomic mass is 15.7. The van der Waals surface area contributed by atoms with E-state index in [4.69, 9.17) is 5.73 Å². The Balaban J connectivity index is 1.95. The van der Waals surface area contributed by atoms with Gasteiger partial charge in [-0.2, -0.15) is 0 Å². The van der Waals surface area contributed by atoms with Crippen LogP contribution in [0.2, 0.25) is 0 Å². The average molecular weight is 190 g/mol. The Morgan fingerprint density at radius 1 is 1.14 bits per heavy atom. The summed E-state index contributed by atoms with van der Waals surface area (Å²) in [6.45, 7) is 0.579. The normalized spacial score (nSPS) is 17.5. The average Bonchev–Trinajstić information content (AvgIpc) is 2.65. The minimum Gasteiger partial charge on any atom is -0.272 e. The fourth-order valence-corrected chi connectivity index (χ4v) is 1.10. The fraction of sp³-hybridized carbons (Fsp3) is 0.250. The molecule has 1 aromatic carbocycles. The van der Waals surface area contributed by atoms with Crippen LogP contribution in [-0.4, -0.2) is 5.91 Å². The summed E-state index contributed by atoms with van der Waals surface area (Å²) in [6, 6.07) is 9.84. The lowest BCUT2D eigenvalue weighted by Gasteiger charge is -2.14. The zero-order valence-corrected chi connectivity index (χ0v) is 7.46. The number of benzene rings is 1. The van der Waals surface area contributed by atoms with Crippen molar-refractivity contribution in [1.29, 1.82) is 0 Å². The molecule has 6 heteroatoms. The van der Waals surface area contributed by atoms with Gasteiger partial charge in [0, 0.05) is 6.54 Å². The molecule has 6 nitrogen and oxygen atoms in total. The van der Waals surface area contributed by atoms with Crippen molar-refractivity contribution in [2.75, 3.05) is 0 Å². The summed E-state index contributed by atoms with van der Waals surface area (Å²) in [6.07, 6.45) is 0. The van der Waals surface area contributed by atoms with Gasteiger partial charge in [0.15, 0.2) is 0 Å². The molecule has 1 aliphatic rings. The highest BCUT2D eigenvalue weighted by molar-refractivity contribution is 5.14. The van der Waals surface area contributed by atoms with E-state index in [1.807, 2.05) is 30.3 Å². The largest absolute Gasteiger partial charge is 0.303 e. The topological polar surface area (TPSA) is 87.5 Å². The quantitative estimate of drug-likeness (QED) is 0.701. The van der Waals surface area contributed by atoms with Crippen molar-refractivity contribution in [3.63, 3.8) is 0 Å². The van der Waals surface area contributed by atoms with E-state index < -0.39 is 5.91 Å². The van der Waals surface area contributed by atoms with Crippen molar-refractivity contribution in [1.82, 2.24) is 5.32 Å². The molecule has 1 aromatic rings. The van der Waals surface area contributed by atoms with Crippen LogP contribution >= 0.6 is 0 Å². The first-order chi connectivity index (χ1) is 6.79. The van der Waals surface area contributed by atoms with Gasteiger partial charge in [0.25, 0.3) is 0 Å². The number of hydrogen-bond acceptors (Lipinski definition) is 6. The smallest absolute Gasteiger partial charge is 0.272 e. The van der Waals surface area contributed by atoms with Crippen LogP contribution in [0.4, 0.5) is 0 Å². The summed E-state index contributed by atoms with van der Waals surface area (Å²) >= 11 is 0. The summed E-state index contributed by atoms with van der Waals surface area (Å²) in [5.74, 6) is -1.18. The van der Waals surface area contributed by atoms with Crippen LogP contribution in [-0.2, 0) is 6.54 Å². The Morgan fingerprint density at radius 2 is 1.79 bits per heavy atom. The van der Waals surface area contributed by atoms with Crippen molar-refractivity contribution >= 4 is 0 Å². The highest BCUT2D eigenvalue weighted by Crippen LogP contribution is 2.10. The van der Waals surface area contributed by atoms with Crippen LogP contribution in [0.1, 0.15) is 5.56 Å². The van der Waals surface area contributed by atoms with Crippen LogP contribution < -0.4 is 11.1 Å². The second-order valence-corrected chi connectivity index (χ2v) is 2.94. The fourth-order valence-electron chi connectivity index (χ4n) is 1.10. The third-order valence-electron chi connectivity index (χ3n) is 1.83. The van der Waals surface area contributed by atoms with Crippen molar-refractivity contribution in [3.8, 4) is 0 Å². The lowest BCUT2D eigenvalue weighted by atomic mass is 10.2. The molecule has 0 fully saturated rings. The Bertz CT molecular complexity index is 345. The van der Waals surface area contributed by atoms with Gasteiger partial charge in [-0.05, 0) is 16.0 Å². The van der Waals surface area contributed by atoms with Crippen LogP contribution in [0.15, 0.2) is 51.0 Å². The first-order valence-electron chi connectivity index (χ1n) is 4.20. The zero-order chi connectivity index (χ0) is 9.86. The first-order valence-corrected chi connectivity index (χ1v) is 4.20. The summed E-state index contributed by atoms with van der Waals surface area (Å²) in [7, 11) is 0. The molecule has 0 saturated heterocycles. The molecule has 72 valence electrons. The number of nitrogens with one attached hydrogen (secondary N) is 1. The molecule has 0 spiro atoms. The Kier molecular flexibility index (Phi) is 2.30. The molecular weight excluding hydrogens is 180 g/mol.